The molecule has 0 heterocycles. The lowest BCUT2D eigenvalue weighted by Gasteiger charge is -2.30. The summed E-state index contributed by atoms with van der Waals surface area (Å²) in [5.41, 5.74) is 7.50. The highest BCUT2D eigenvalue weighted by atomic mass is 79.9. The number of rotatable bonds is 6. The van der Waals surface area contributed by atoms with Crippen LogP contribution in [0.5, 0.6) is 0 Å². The predicted octanol–water partition coefficient (Wildman–Crippen LogP) is 4.51. The van der Waals surface area contributed by atoms with Crippen molar-refractivity contribution in [2.24, 2.45) is 5.73 Å². The average molecular weight is 367 g/mol. The van der Waals surface area contributed by atoms with E-state index in [0.29, 0.717) is 12.1 Å². The van der Waals surface area contributed by atoms with E-state index in [1.807, 2.05) is 13.0 Å². The number of anilines is 1. The van der Waals surface area contributed by atoms with Gasteiger partial charge in [-0.15, -0.1) is 0 Å². The van der Waals surface area contributed by atoms with Gasteiger partial charge in [-0.1, -0.05) is 28.9 Å². The highest BCUT2D eigenvalue weighted by Crippen LogP contribution is 2.29. The summed E-state index contributed by atoms with van der Waals surface area (Å²) in [6.07, 6.45) is -2.65. The second kappa shape index (κ2) is 7.49. The lowest BCUT2D eigenvalue weighted by atomic mass is 10.0. The van der Waals surface area contributed by atoms with Crippen LogP contribution in [-0.4, -0.2) is 24.8 Å². The van der Waals surface area contributed by atoms with Crippen LogP contribution >= 0.6 is 15.9 Å². The first-order chi connectivity index (χ1) is 9.64. The lowest BCUT2D eigenvalue weighted by molar-refractivity contribution is -0.120. The summed E-state index contributed by atoms with van der Waals surface area (Å²) in [6, 6.07) is 5.14. The van der Waals surface area contributed by atoms with E-state index < -0.39 is 12.7 Å². The quantitative estimate of drug-likeness (QED) is 0.802. The minimum Gasteiger partial charge on any atom is -0.360 e. The van der Waals surface area contributed by atoms with Crippen molar-refractivity contribution in [1.82, 2.24) is 0 Å². The number of alkyl halides is 3. The summed E-state index contributed by atoms with van der Waals surface area (Å²) in [5.74, 6) is 0. The number of benzene rings is 1. The van der Waals surface area contributed by atoms with E-state index in [2.05, 4.69) is 15.9 Å². The molecule has 1 rings (SSSR count). The van der Waals surface area contributed by atoms with Crippen molar-refractivity contribution in [2.75, 3.05) is 11.4 Å². The fourth-order valence-electron chi connectivity index (χ4n) is 2.07. The van der Waals surface area contributed by atoms with Crippen molar-refractivity contribution >= 4 is 21.6 Å². The van der Waals surface area contributed by atoms with Crippen LogP contribution in [0.4, 0.5) is 18.9 Å². The molecule has 0 bridgehead atoms. The molecule has 0 saturated heterocycles. The Morgan fingerprint density at radius 1 is 1.29 bits per heavy atom. The molecule has 120 valence electrons. The summed E-state index contributed by atoms with van der Waals surface area (Å²) < 4.78 is 38.8. The van der Waals surface area contributed by atoms with Gasteiger partial charge in [0, 0.05) is 22.2 Å². The maximum absolute atomic E-state index is 12.7. The zero-order valence-electron chi connectivity index (χ0n) is 12.5. The second-order valence-electron chi connectivity index (χ2n) is 5.48. The van der Waals surface area contributed by atoms with E-state index in [0.717, 1.165) is 16.5 Å². The molecule has 1 unspecified atom stereocenters. The fraction of sp³-hybridized carbons (Fsp3) is 0.600. The summed E-state index contributed by atoms with van der Waals surface area (Å²) in [5, 5.41) is 0. The van der Waals surface area contributed by atoms with Gasteiger partial charge in [-0.3, -0.25) is 0 Å². The molecule has 0 aliphatic carbocycles. The van der Waals surface area contributed by atoms with Crippen molar-refractivity contribution in [2.45, 2.75) is 51.9 Å². The number of hydrogen-bond donors (Lipinski definition) is 1. The Kier molecular flexibility index (Phi) is 6.53. The smallest absolute Gasteiger partial charge is 0.360 e. The molecule has 6 heteroatoms. The number of nitrogens with two attached hydrogens (primary N) is 1. The maximum atomic E-state index is 12.7. The zero-order valence-corrected chi connectivity index (χ0v) is 14.1. The number of halogens is 4. The molecule has 1 aromatic carbocycles. The molecule has 0 aliphatic heterocycles. The summed E-state index contributed by atoms with van der Waals surface area (Å²) in [7, 11) is 0. The average Bonchev–Trinajstić information content (AvgIpc) is 2.37. The van der Waals surface area contributed by atoms with Crippen molar-refractivity contribution in [3.8, 4) is 0 Å². The van der Waals surface area contributed by atoms with Crippen LogP contribution in [0.2, 0.25) is 0 Å². The van der Waals surface area contributed by atoms with Gasteiger partial charge in [0.25, 0.3) is 0 Å². The van der Waals surface area contributed by atoms with Gasteiger partial charge in [0.05, 0.1) is 0 Å². The van der Waals surface area contributed by atoms with Crippen molar-refractivity contribution in [1.29, 1.82) is 0 Å². The van der Waals surface area contributed by atoms with Crippen LogP contribution in [-0.2, 0) is 6.42 Å². The Balaban J connectivity index is 2.99. The Labute approximate surface area is 132 Å². The van der Waals surface area contributed by atoms with E-state index in [1.54, 1.807) is 26.0 Å². The van der Waals surface area contributed by atoms with E-state index in [1.165, 1.54) is 4.90 Å². The third-order valence-electron chi connectivity index (χ3n) is 3.35. The molecule has 1 aromatic rings. The van der Waals surface area contributed by atoms with Crippen molar-refractivity contribution < 1.29 is 13.2 Å². The van der Waals surface area contributed by atoms with Crippen LogP contribution < -0.4 is 10.6 Å². The first-order valence-corrected chi connectivity index (χ1v) is 7.80. The van der Waals surface area contributed by atoms with Crippen LogP contribution in [0.3, 0.4) is 0 Å². The summed E-state index contributed by atoms with van der Waals surface area (Å²) in [4.78, 5) is 1.34. The minimum atomic E-state index is -4.22. The molecule has 0 radical (unpaired) electrons. The van der Waals surface area contributed by atoms with Gasteiger partial charge in [-0.05, 0) is 44.4 Å². The van der Waals surface area contributed by atoms with Gasteiger partial charge in [0.15, 0.2) is 0 Å². The molecule has 0 aliphatic rings. The van der Waals surface area contributed by atoms with Crippen LogP contribution in [0, 0.1) is 0 Å². The molecule has 2 N–H and O–H groups in total. The first-order valence-electron chi connectivity index (χ1n) is 7.01. The zero-order chi connectivity index (χ0) is 16.2. The molecule has 0 saturated carbocycles. The molecule has 0 spiro atoms. The van der Waals surface area contributed by atoms with Gasteiger partial charge in [0.1, 0.15) is 6.54 Å². The van der Waals surface area contributed by atoms with Crippen LogP contribution in [0.1, 0.15) is 32.8 Å². The van der Waals surface area contributed by atoms with Crippen molar-refractivity contribution in [3.63, 3.8) is 0 Å². The molecule has 1 atom stereocenters. The number of hydrogen-bond acceptors (Lipinski definition) is 2. The standard InChI is InChI=1S/C15H22BrF3N2/c1-4-12(20)7-11-5-6-13(8-14(11)16)21(10(2)3)9-15(17,18)19/h5-6,8,10,12H,4,7,9,20H2,1-3H3. The Morgan fingerprint density at radius 3 is 2.33 bits per heavy atom. The van der Waals surface area contributed by atoms with Gasteiger partial charge in [-0.2, -0.15) is 13.2 Å². The van der Waals surface area contributed by atoms with Crippen molar-refractivity contribution in [3.05, 3.63) is 28.2 Å². The predicted molar refractivity (Wildman–Crippen MR) is 84.6 cm³/mol. The SMILES string of the molecule is CCC(N)Cc1ccc(N(CC(F)(F)F)C(C)C)cc1Br. The molecule has 21 heavy (non-hydrogen) atoms. The normalized spacial score (nSPS) is 13.6. The van der Waals surface area contributed by atoms with Crippen LogP contribution in [0.15, 0.2) is 22.7 Å². The van der Waals surface area contributed by atoms with Gasteiger partial charge < -0.3 is 10.6 Å². The largest absolute Gasteiger partial charge is 0.405 e. The Bertz CT molecular complexity index is 461. The molecular weight excluding hydrogens is 345 g/mol. The number of nitrogens with zero attached hydrogens (tertiary/aromatic N) is 1. The fourth-order valence-corrected chi connectivity index (χ4v) is 2.60. The highest BCUT2D eigenvalue weighted by Gasteiger charge is 2.32. The highest BCUT2D eigenvalue weighted by molar-refractivity contribution is 9.10. The van der Waals surface area contributed by atoms with Gasteiger partial charge in [-0.25, -0.2) is 0 Å². The van der Waals surface area contributed by atoms with Gasteiger partial charge >= 0.3 is 6.18 Å². The molecule has 0 aromatic heterocycles. The van der Waals surface area contributed by atoms with E-state index in [9.17, 15) is 13.2 Å². The third kappa shape index (κ3) is 5.87. The molecular formula is C15H22BrF3N2. The first kappa shape index (κ1) is 18.3. The lowest BCUT2D eigenvalue weighted by Crippen LogP contribution is -2.39. The molecule has 0 amide bonds. The van der Waals surface area contributed by atoms with Gasteiger partial charge in [0.2, 0.25) is 0 Å². The topological polar surface area (TPSA) is 29.3 Å². The minimum absolute atomic E-state index is 0.0588. The third-order valence-corrected chi connectivity index (χ3v) is 4.09. The second-order valence-corrected chi connectivity index (χ2v) is 6.34. The Hall–Kier alpha value is -0.750. The van der Waals surface area contributed by atoms with E-state index in [4.69, 9.17) is 5.73 Å². The Morgan fingerprint density at radius 2 is 1.90 bits per heavy atom. The molecule has 2 nitrogen and oxygen atoms in total. The summed E-state index contributed by atoms with van der Waals surface area (Å²) >= 11 is 3.44. The van der Waals surface area contributed by atoms with E-state index in [-0.39, 0.29) is 12.1 Å². The molecule has 0 fully saturated rings. The van der Waals surface area contributed by atoms with E-state index >= 15 is 0 Å². The van der Waals surface area contributed by atoms with Crippen LogP contribution in [0.25, 0.3) is 0 Å². The summed E-state index contributed by atoms with van der Waals surface area (Å²) in [6.45, 7) is 4.56. The monoisotopic (exact) mass is 366 g/mol. The maximum Gasteiger partial charge on any atom is 0.405 e.